The molecule has 0 heterocycles. The second-order valence-corrected chi connectivity index (χ2v) is 5.47. The van der Waals surface area contributed by atoms with Gasteiger partial charge in [-0.3, -0.25) is 4.79 Å². The van der Waals surface area contributed by atoms with Crippen molar-refractivity contribution in [3.63, 3.8) is 0 Å². The molecule has 0 fully saturated rings. The minimum atomic E-state index is -0.299. The summed E-state index contributed by atoms with van der Waals surface area (Å²) in [5.74, 6) is 0.387. The molecule has 1 N–H and O–H groups in total. The maximum Gasteiger partial charge on any atom is 0.277 e. The normalized spacial score (nSPS) is 10.9. The van der Waals surface area contributed by atoms with Crippen LogP contribution in [0.2, 0.25) is 0 Å². The Kier molecular flexibility index (Phi) is 4.87. The van der Waals surface area contributed by atoms with Gasteiger partial charge in [-0.05, 0) is 23.9 Å². The minimum absolute atomic E-state index is 0.0842. The van der Waals surface area contributed by atoms with Crippen LogP contribution in [0.5, 0.6) is 5.75 Å². The maximum absolute atomic E-state index is 11.9. The van der Waals surface area contributed by atoms with E-state index in [-0.39, 0.29) is 12.5 Å². The lowest BCUT2D eigenvalue weighted by atomic mass is 10.1. The first-order chi connectivity index (χ1) is 11.7. The van der Waals surface area contributed by atoms with Gasteiger partial charge in [0.1, 0.15) is 5.75 Å². The number of rotatable bonds is 5. The number of fused-ring (bicyclic) bond motifs is 1. The van der Waals surface area contributed by atoms with Gasteiger partial charge >= 0.3 is 0 Å². The highest BCUT2D eigenvalue weighted by Gasteiger charge is 2.04. The fraction of sp³-hybridized carbons (Fsp3) is 0.100. The molecule has 4 nitrogen and oxygen atoms in total. The van der Waals surface area contributed by atoms with Gasteiger partial charge in [-0.15, -0.1) is 0 Å². The number of aryl methyl sites for hydroxylation is 1. The summed E-state index contributed by atoms with van der Waals surface area (Å²) in [6.07, 6.45) is 1.61. The first-order valence-corrected chi connectivity index (χ1v) is 7.71. The molecule has 0 unspecified atom stereocenters. The summed E-state index contributed by atoms with van der Waals surface area (Å²) in [6, 6.07) is 21.5. The summed E-state index contributed by atoms with van der Waals surface area (Å²) in [7, 11) is 0. The summed E-state index contributed by atoms with van der Waals surface area (Å²) < 4.78 is 5.62. The molecular weight excluding hydrogens is 300 g/mol. The van der Waals surface area contributed by atoms with Crippen molar-refractivity contribution in [2.75, 3.05) is 6.61 Å². The van der Waals surface area contributed by atoms with Crippen molar-refractivity contribution in [2.45, 2.75) is 6.92 Å². The van der Waals surface area contributed by atoms with E-state index in [1.165, 1.54) is 0 Å². The smallest absolute Gasteiger partial charge is 0.277 e. The number of hydrazone groups is 1. The van der Waals surface area contributed by atoms with E-state index in [0.717, 1.165) is 21.9 Å². The molecule has 0 aliphatic heterocycles. The molecule has 3 aromatic rings. The molecule has 3 rings (SSSR count). The molecule has 0 atom stereocenters. The van der Waals surface area contributed by atoms with Crippen molar-refractivity contribution in [1.82, 2.24) is 5.43 Å². The number of carbonyl (C=O) groups is 1. The van der Waals surface area contributed by atoms with Crippen LogP contribution in [0.3, 0.4) is 0 Å². The van der Waals surface area contributed by atoms with E-state index in [9.17, 15) is 4.79 Å². The van der Waals surface area contributed by atoms with Crippen molar-refractivity contribution < 1.29 is 9.53 Å². The van der Waals surface area contributed by atoms with Crippen LogP contribution in [0.4, 0.5) is 0 Å². The predicted molar refractivity (Wildman–Crippen MR) is 96.4 cm³/mol. The van der Waals surface area contributed by atoms with Gasteiger partial charge < -0.3 is 4.74 Å². The molecule has 0 aromatic heterocycles. The van der Waals surface area contributed by atoms with E-state index >= 15 is 0 Å². The van der Waals surface area contributed by atoms with Crippen LogP contribution in [0, 0.1) is 6.92 Å². The Morgan fingerprint density at radius 3 is 2.75 bits per heavy atom. The second kappa shape index (κ2) is 7.42. The van der Waals surface area contributed by atoms with Crippen molar-refractivity contribution in [3.8, 4) is 5.75 Å². The highest BCUT2D eigenvalue weighted by molar-refractivity contribution is 5.89. The molecule has 4 heteroatoms. The Hall–Kier alpha value is -3.14. The zero-order valence-electron chi connectivity index (χ0n) is 13.4. The zero-order valence-corrected chi connectivity index (χ0v) is 13.4. The van der Waals surface area contributed by atoms with E-state index in [1.54, 1.807) is 6.21 Å². The van der Waals surface area contributed by atoms with Gasteiger partial charge in [-0.2, -0.15) is 5.10 Å². The van der Waals surface area contributed by atoms with Crippen LogP contribution in [0.25, 0.3) is 10.8 Å². The lowest BCUT2D eigenvalue weighted by molar-refractivity contribution is -0.123. The molecule has 0 saturated carbocycles. The summed E-state index contributed by atoms with van der Waals surface area (Å²) in [5, 5.41) is 6.01. The quantitative estimate of drug-likeness (QED) is 0.576. The van der Waals surface area contributed by atoms with Gasteiger partial charge in [0.15, 0.2) is 6.61 Å². The first-order valence-electron chi connectivity index (χ1n) is 7.71. The van der Waals surface area contributed by atoms with E-state index in [2.05, 4.69) is 10.5 Å². The van der Waals surface area contributed by atoms with Crippen LogP contribution in [0.15, 0.2) is 71.8 Å². The Morgan fingerprint density at radius 2 is 1.88 bits per heavy atom. The number of benzene rings is 3. The molecule has 0 aliphatic rings. The van der Waals surface area contributed by atoms with Crippen LogP contribution in [-0.4, -0.2) is 18.7 Å². The van der Waals surface area contributed by atoms with E-state index in [0.29, 0.717) is 5.75 Å². The molecule has 3 aromatic carbocycles. The SMILES string of the molecule is Cc1cccc(C=NNC(=O)COc2cccc3ccccc23)c1. The number of amides is 1. The van der Waals surface area contributed by atoms with Crippen molar-refractivity contribution in [2.24, 2.45) is 5.10 Å². The van der Waals surface area contributed by atoms with Crippen molar-refractivity contribution in [3.05, 3.63) is 77.9 Å². The van der Waals surface area contributed by atoms with Gasteiger partial charge in [0.05, 0.1) is 6.21 Å². The number of hydrogen-bond donors (Lipinski definition) is 1. The van der Waals surface area contributed by atoms with Gasteiger partial charge in [0, 0.05) is 5.39 Å². The van der Waals surface area contributed by atoms with Gasteiger partial charge in [0.2, 0.25) is 0 Å². The number of nitrogens with zero attached hydrogens (tertiary/aromatic N) is 1. The lowest BCUT2D eigenvalue weighted by Crippen LogP contribution is -2.24. The van der Waals surface area contributed by atoms with Crippen molar-refractivity contribution in [1.29, 1.82) is 0 Å². The summed E-state index contributed by atoms with van der Waals surface area (Å²) in [6.45, 7) is 1.92. The Balaban J connectivity index is 1.57. The Morgan fingerprint density at radius 1 is 1.08 bits per heavy atom. The molecular formula is C20H18N2O2. The number of ether oxygens (including phenoxy) is 1. The van der Waals surface area contributed by atoms with E-state index in [1.807, 2.05) is 73.7 Å². The average Bonchev–Trinajstić information content (AvgIpc) is 2.60. The summed E-state index contributed by atoms with van der Waals surface area (Å²) in [5.41, 5.74) is 4.55. The fourth-order valence-electron chi connectivity index (χ4n) is 2.43. The molecule has 1 amide bonds. The molecule has 0 spiro atoms. The second-order valence-electron chi connectivity index (χ2n) is 5.47. The largest absolute Gasteiger partial charge is 0.483 e. The third-order valence-electron chi connectivity index (χ3n) is 3.55. The Labute approximate surface area is 140 Å². The molecule has 24 heavy (non-hydrogen) atoms. The summed E-state index contributed by atoms with van der Waals surface area (Å²) in [4.78, 5) is 11.9. The Bertz CT molecular complexity index is 882. The summed E-state index contributed by atoms with van der Waals surface area (Å²) >= 11 is 0. The average molecular weight is 318 g/mol. The van der Waals surface area contributed by atoms with Crippen LogP contribution >= 0.6 is 0 Å². The zero-order chi connectivity index (χ0) is 16.8. The molecule has 0 bridgehead atoms. The molecule has 0 saturated heterocycles. The molecule has 0 aliphatic carbocycles. The van der Waals surface area contributed by atoms with E-state index in [4.69, 9.17) is 4.74 Å². The van der Waals surface area contributed by atoms with Gasteiger partial charge in [-0.25, -0.2) is 5.43 Å². The molecule has 120 valence electrons. The number of nitrogens with one attached hydrogen (secondary N) is 1. The van der Waals surface area contributed by atoms with Crippen LogP contribution in [0.1, 0.15) is 11.1 Å². The topological polar surface area (TPSA) is 50.7 Å². The van der Waals surface area contributed by atoms with Crippen LogP contribution in [-0.2, 0) is 4.79 Å². The highest BCUT2D eigenvalue weighted by Crippen LogP contribution is 2.24. The number of carbonyl (C=O) groups excluding carboxylic acids is 1. The third-order valence-corrected chi connectivity index (χ3v) is 3.55. The van der Waals surface area contributed by atoms with Gasteiger partial charge in [-0.1, -0.05) is 66.2 Å². The fourth-order valence-corrected chi connectivity index (χ4v) is 2.43. The molecule has 0 radical (unpaired) electrons. The van der Waals surface area contributed by atoms with Crippen molar-refractivity contribution >= 4 is 22.9 Å². The highest BCUT2D eigenvalue weighted by atomic mass is 16.5. The minimum Gasteiger partial charge on any atom is -0.483 e. The lowest BCUT2D eigenvalue weighted by Gasteiger charge is -2.08. The predicted octanol–water partition coefficient (Wildman–Crippen LogP) is 3.68. The van der Waals surface area contributed by atoms with E-state index < -0.39 is 0 Å². The van der Waals surface area contributed by atoms with Gasteiger partial charge in [0.25, 0.3) is 5.91 Å². The standard InChI is InChI=1S/C20H18N2O2/c1-15-6-4-7-16(12-15)13-21-22-20(23)14-24-19-11-5-9-17-8-2-3-10-18(17)19/h2-13H,14H2,1H3,(H,22,23). The number of hydrogen-bond acceptors (Lipinski definition) is 3. The third kappa shape index (κ3) is 3.98. The first kappa shape index (κ1) is 15.7. The maximum atomic E-state index is 11.9. The monoisotopic (exact) mass is 318 g/mol. The van der Waals surface area contributed by atoms with Crippen LogP contribution < -0.4 is 10.2 Å².